The van der Waals surface area contributed by atoms with Crippen molar-refractivity contribution in [3.05, 3.63) is 35.1 Å². The van der Waals surface area contributed by atoms with Gasteiger partial charge in [0.2, 0.25) is 0 Å². The van der Waals surface area contributed by atoms with Gasteiger partial charge in [-0.2, -0.15) is 0 Å². The normalized spacial score (nSPS) is 28.4. The second-order valence-electron chi connectivity index (χ2n) is 4.95. The standard InChI is InChI=1S/C14H15FO/c15-10-6-4-9-5-7-12-11(13(9)8-10)2-1-3-14(12)16/h4,6,8,11-12H,1-3,5,7H2. The van der Waals surface area contributed by atoms with Crippen molar-refractivity contribution in [1.29, 1.82) is 0 Å². The van der Waals surface area contributed by atoms with Crippen LogP contribution in [0.3, 0.4) is 0 Å². The lowest BCUT2D eigenvalue weighted by molar-refractivity contribution is -0.125. The van der Waals surface area contributed by atoms with Crippen LogP contribution in [0.15, 0.2) is 18.2 Å². The zero-order chi connectivity index (χ0) is 11.1. The molecule has 84 valence electrons. The van der Waals surface area contributed by atoms with Crippen LogP contribution in [0.4, 0.5) is 4.39 Å². The highest BCUT2D eigenvalue weighted by atomic mass is 19.1. The summed E-state index contributed by atoms with van der Waals surface area (Å²) in [4.78, 5) is 11.8. The highest BCUT2D eigenvalue weighted by molar-refractivity contribution is 5.83. The minimum Gasteiger partial charge on any atom is -0.299 e. The van der Waals surface area contributed by atoms with Gasteiger partial charge in [0.1, 0.15) is 11.6 Å². The van der Waals surface area contributed by atoms with Gasteiger partial charge >= 0.3 is 0 Å². The molecule has 0 radical (unpaired) electrons. The Kier molecular flexibility index (Phi) is 2.31. The van der Waals surface area contributed by atoms with Crippen LogP contribution >= 0.6 is 0 Å². The first-order valence-electron chi connectivity index (χ1n) is 6.07. The fraction of sp³-hybridized carbons (Fsp3) is 0.500. The summed E-state index contributed by atoms with van der Waals surface area (Å²) in [5.41, 5.74) is 2.35. The molecule has 0 spiro atoms. The summed E-state index contributed by atoms with van der Waals surface area (Å²) in [6, 6.07) is 5.06. The first kappa shape index (κ1) is 10.0. The third-order valence-corrected chi connectivity index (χ3v) is 4.07. The van der Waals surface area contributed by atoms with Crippen LogP contribution in [0.2, 0.25) is 0 Å². The lowest BCUT2D eigenvalue weighted by atomic mass is 9.67. The highest BCUT2D eigenvalue weighted by Gasteiger charge is 2.36. The van der Waals surface area contributed by atoms with E-state index in [4.69, 9.17) is 0 Å². The average molecular weight is 218 g/mol. The molecule has 16 heavy (non-hydrogen) atoms. The zero-order valence-electron chi connectivity index (χ0n) is 9.21. The molecule has 2 aliphatic rings. The molecule has 1 saturated carbocycles. The monoisotopic (exact) mass is 218 g/mol. The molecule has 1 nitrogen and oxygen atoms in total. The lowest BCUT2D eigenvalue weighted by Crippen LogP contribution is -2.31. The number of fused-ring (bicyclic) bond motifs is 3. The Bertz CT molecular complexity index is 438. The molecule has 0 saturated heterocycles. The SMILES string of the molecule is O=C1CCCC2c3cc(F)ccc3CCC12. The minimum atomic E-state index is -0.169. The molecule has 2 aliphatic carbocycles. The summed E-state index contributed by atoms with van der Waals surface area (Å²) in [6.07, 6.45) is 4.64. The van der Waals surface area contributed by atoms with Gasteiger partial charge in [-0.25, -0.2) is 4.39 Å². The zero-order valence-corrected chi connectivity index (χ0v) is 9.21. The van der Waals surface area contributed by atoms with Gasteiger partial charge in [0, 0.05) is 12.3 Å². The van der Waals surface area contributed by atoms with E-state index in [2.05, 4.69) is 0 Å². The number of hydrogen-bond acceptors (Lipinski definition) is 1. The summed E-state index contributed by atoms with van der Waals surface area (Å²) < 4.78 is 13.3. The van der Waals surface area contributed by atoms with E-state index in [1.165, 1.54) is 11.6 Å². The summed E-state index contributed by atoms with van der Waals surface area (Å²) in [5, 5.41) is 0. The molecular formula is C14H15FO. The van der Waals surface area contributed by atoms with Crippen molar-refractivity contribution in [2.75, 3.05) is 0 Å². The van der Waals surface area contributed by atoms with Crippen LogP contribution in [0.1, 0.15) is 42.7 Å². The summed E-state index contributed by atoms with van der Waals surface area (Å²) in [6.45, 7) is 0. The first-order valence-corrected chi connectivity index (χ1v) is 6.07. The van der Waals surface area contributed by atoms with E-state index >= 15 is 0 Å². The van der Waals surface area contributed by atoms with Crippen molar-refractivity contribution in [3.63, 3.8) is 0 Å². The Labute approximate surface area is 94.7 Å². The number of halogens is 1. The molecule has 3 rings (SSSR count). The Balaban J connectivity index is 2.04. The van der Waals surface area contributed by atoms with E-state index in [1.54, 1.807) is 6.07 Å². The minimum absolute atomic E-state index is 0.169. The molecule has 0 heterocycles. The van der Waals surface area contributed by atoms with Gasteiger partial charge in [-0.1, -0.05) is 6.07 Å². The predicted molar refractivity (Wildman–Crippen MR) is 59.8 cm³/mol. The van der Waals surface area contributed by atoms with E-state index in [-0.39, 0.29) is 11.7 Å². The summed E-state index contributed by atoms with van der Waals surface area (Å²) >= 11 is 0. The summed E-state index contributed by atoms with van der Waals surface area (Å²) in [5.74, 6) is 0.687. The van der Waals surface area contributed by atoms with E-state index < -0.39 is 0 Å². The maximum absolute atomic E-state index is 13.3. The fourth-order valence-electron chi connectivity index (χ4n) is 3.29. The Hall–Kier alpha value is -1.18. The van der Waals surface area contributed by atoms with Gasteiger partial charge in [0.25, 0.3) is 0 Å². The molecule has 2 heteroatoms. The maximum Gasteiger partial charge on any atom is 0.136 e. The van der Waals surface area contributed by atoms with Crippen molar-refractivity contribution in [3.8, 4) is 0 Å². The number of ketones is 1. The van der Waals surface area contributed by atoms with Crippen LogP contribution in [0.25, 0.3) is 0 Å². The number of carbonyl (C=O) groups excluding carboxylic acids is 1. The van der Waals surface area contributed by atoms with Crippen LogP contribution in [0, 0.1) is 11.7 Å². The Morgan fingerprint density at radius 2 is 2.00 bits per heavy atom. The second-order valence-corrected chi connectivity index (χ2v) is 4.95. The second kappa shape index (κ2) is 3.69. The van der Waals surface area contributed by atoms with Crippen molar-refractivity contribution in [2.24, 2.45) is 5.92 Å². The van der Waals surface area contributed by atoms with E-state index in [1.807, 2.05) is 6.07 Å². The van der Waals surface area contributed by atoms with Gasteiger partial charge in [-0.05, 0) is 54.9 Å². The number of aryl methyl sites for hydroxylation is 1. The van der Waals surface area contributed by atoms with Crippen molar-refractivity contribution >= 4 is 5.78 Å². The molecule has 0 N–H and O–H groups in total. The third-order valence-electron chi connectivity index (χ3n) is 4.07. The average Bonchev–Trinajstić information content (AvgIpc) is 2.29. The quantitative estimate of drug-likeness (QED) is 0.653. The van der Waals surface area contributed by atoms with E-state index in [9.17, 15) is 9.18 Å². The molecular weight excluding hydrogens is 203 g/mol. The number of carbonyl (C=O) groups is 1. The lowest BCUT2D eigenvalue weighted by Gasteiger charge is -2.36. The molecule has 1 aromatic rings. The molecule has 0 amide bonds. The molecule has 0 bridgehead atoms. The van der Waals surface area contributed by atoms with Crippen LogP contribution in [0.5, 0.6) is 0 Å². The van der Waals surface area contributed by atoms with Crippen LogP contribution in [-0.2, 0) is 11.2 Å². The first-order chi connectivity index (χ1) is 7.75. The maximum atomic E-state index is 13.3. The largest absolute Gasteiger partial charge is 0.299 e. The van der Waals surface area contributed by atoms with Crippen LogP contribution < -0.4 is 0 Å². The fourth-order valence-corrected chi connectivity index (χ4v) is 3.29. The van der Waals surface area contributed by atoms with E-state index in [0.717, 1.165) is 37.7 Å². The molecule has 0 aromatic heterocycles. The van der Waals surface area contributed by atoms with Gasteiger partial charge in [0.15, 0.2) is 0 Å². The van der Waals surface area contributed by atoms with Crippen molar-refractivity contribution in [2.45, 2.75) is 38.0 Å². The van der Waals surface area contributed by atoms with Gasteiger partial charge in [0.05, 0.1) is 0 Å². The number of Topliss-reactive ketones (excluding diaryl/α,β-unsaturated/α-hetero) is 1. The molecule has 1 fully saturated rings. The summed E-state index contributed by atoms with van der Waals surface area (Å²) in [7, 11) is 0. The van der Waals surface area contributed by atoms with Gasteiger partial charge in [-0.3, -0.25) is 4.79 Å². The Morgan fingerprint density at radius 1 is 1.12 bits per heavy atom. The molecule has 2 unspecified atom stereocenters. The van der Waals surface area contributed by atoms with Crippen LogP contribution in [-0.4, -0.2) is 5.78 Å². The van der Waals surface area contributed by atoms with Crippen molar-refractivity contribution < 1.29 is 9.18 Å². The topological polar surface area (TPSA) is 17.1 Å². The van der Waals surface area contributed by atoms with Gasteiger partial charge < -0.3 is 0 Å². The highest BCUT2D eigenvalue weighted by Crippen LogP contribution is 2.43. The predicted octanol–water partition coefficient (Wildman–Crippen LogP) is 3.22. The number of rotatable bonds is 0. The molecule has 0 aliphatic heterocycles. The van der Waals surface area contributed by atoms with Crippen molar-refractivity contribution in [1.82, 2.24) is 0 Å². The Morgan fingerprint density at radius 3 is 2.88 bits per heavy atom. The van der Waals surface area contributed by atoms with Gasteiger partial charge in [-0.15, -0.1) is 0 Å². The third kappa shape index (κ3) is 1.48. The smallest absolute Gasteiger partial charge is 0.136 e. The number of benzene rings is 1. The number of hydrogen-bond donors (Lipinski definition) is 0. The molecule has 1 aromatic carbocycles. The van der Waals surface area contributed by atoms with E-state index in [0.29, 0.717) is 11.7 Å². The molecule has 2 atom stereocenters.